The molecule has 0 spiro atoms. The predicted octanol–water partition coefficient (Wildman–Crippen LogP) is 1.62. The number of fused-ring (bicyclic) bond motifs is 1. The molecule has 2 heterocycles. The molecule has 0 aromatic heterocycles. The molecule has 3 fully saturated rings. The van der Waals surface area contributed by atoms with Gasteiger partial charge in [0.15, 0.2) is 0 Å². The van der Waals surface area contributed by atoms with E-state index in [1.807, 2.05) is 19.0 Å². The summed E-state index contributed by atoms with van der Waals surface area (Å²) in [5.74, 6) is 1.57. The number of likely N-dealkylation sites (tertiary alicyclic amines) is 1. The molecule has 2 saturated heterocycles. The van der Waals surface area contributed by atoms with Crippen molar-refractivity contribution in [3.63, 3.8) is 0 Å². The van der Waals surface area contributed by atoms with Crippen LogP contribution >= 0.6 is 0 Å². The van der Waals surface area contributed by atoms with Crippen molar-refractivity contribution in [1.29, 1.82) is 0 Å². The molecule has 1 amide bonds. The number of rotatable bonds is 6. The number of amides is 1. The maximum atomic E-state index is 12.4. The molecule has 5 heteroatoms. The number of carbonyl (C=O) groups is 1. The molecule has 1 aliphatic carbocycles. The second-order valence-corrected chi connectivity index (χ2v) is 8.03. The molecule has 2 aliphatic heterocycles. The van der Waals surface area contributed by atoms with E-state index in [-0.39, 0.29) is 11.3 Å². The molecule has 0 radical (unpaired) electrons. The average Bonchev–Trinajstić information content (AvgIpc) is 3.04. The molecular weight excluding hydrogens is 292 g/mol. The molecule has 132 valence electrons. The van der Waals surface area contributed by atoms with Gasteiger partial charge in [0.1, 0.15) is 0 Å². The third-order valence-corrected chi connectivity index (χ3v) is 5.93. The lowest BCUT2D eigenvalue weighted by Gasteiger charge is -2.30. The van der Waals surface area contributed by atoms with E-state index in [0.29, 0.717) is 18.4 Å². The molecule has 0 N–H and O–H groups in total. The lowest BCUT2D eigenvalue weighted by Crippen LogP contribution is -2.39. The number of nitrogens with zero attached hydrogens (tertiary/aromatic N) is 2. The first-order valence-electron chi connectivity index (χ1n) is 9.17. The van der Waals surface area contributed by atoms with Crippen LogP contribution in [0.25, 0.3) is 0 Å². The Balaban J connectivity index is 1.51. The molecule has 0 aromatic rings. The first kappa shape index (κ1) is 17.2. The Labute approximate surface area is 140 Å². The van der Waals surface area contributed by atoms with Gasteiger partial charge in [-0.15, -0.1) is 0 Å². The maximum Gasteiger partial charge on any atom is 0.236 e. The van der Waals surface area contributed by atoms with Crippen LogP contribution < -0.4 is 0 Å². The van der Waals surface area contributed by atoms with Gasteiger partial charge in [0.25, 0.3) is 0 Å². The van der Waals surface area contributed by atoms with Gasteiger partial charge in [0, 0.05) is 38.3 Å². The smallest absolute Gasteiger partial charge is 0.236 e. The van der Waals surface area contributed by atoms with Gasteiger partial charge in [-0.05, 0) is 51.6 Å². The van der Waals surface area contributed by atoms with Crippen LogP contribution in [0.2, 0.25) is 0 Å². The Morgan fingerprint density at radius 1 is 1.30 bits per heavy atom. The van der Waals surface area contributed by atoms with Gasteiger partial charge in [-0.1, -0.05) is 6.42 Å². The van der Waals surface area contributed by atoms with E-state index in [1.54, 1.807) is 0 Å². The predicted molar refractivity (Wildman–Crippen MR) is 89.3 cm³/mol. The van der Waals surface area contributed by atoms with Crippen molar-refractivity contribution in [1.82, 2.24) is 9.80 Å². The summed E-state index contributed by atoms with van der Waals surface area (Å²) in [4.78, 5) is 16.4. The molecular formula is C18H32N2O3. The Kier molecular flexibility index (Phi) is 5.60. The van der Waals surface area contributed by atoms with Crippen molar-refractivity contribution in [3.05, 3.63) is 0 Å². The van der Waals surface area contributed by atoms with Crippen molar-refractivity contribution < 1.29 is 14.3 Å². The Morgan fingerprint density at radius 2 is 2.09 bits per heavy atom. The van der Waals surface area contributed by atoms with E-state index < -0.39 is 0 Å². The van der Waals surface area contributed by atoms with E-state index in [9.17, 15) is 4.79 Å². The summed E-state index contributed by atoms with van der Waals surface area (Å²) >= 11 is 0. The van der Waals surface area contributed by atoms with Crippen molar-refractivity contribution in [2.75, 3.05) is 60.2 Å². The third kappa shape index (κ3) is 4.06. The van der Waals surface area contributed by atoms with Crippen LogP contribution in [-0.2, 0) is 14.3 Å². The monoisotopic (exact) mass is 324 g/mol. The molecule has 23 heavy (non-hydrogen) atoms. The van der Waals surface area contributed by atoms with Crippen LogP contribution in [0, 0.1) is 17.3 Å². The summed E-state index contributed by atoms with van der Waals surface area (Å²) in [6.45, 7) is 5.82. The zero-order valence-corrected chi connectivity index (χ0v) is 14.8. The summed E-state index contributed by atoms with van der Waals surface area (Å²) < 4.78 is 11.6. The zero-order chi connectivity index (χ0) is 16.3. The number of likely N-dealkylation sites (N-methyl/N-ethyl adjacent to an activating group) is 1. The summed E-state index contributed by atoms with van der Waals surface area (Å²) in [7, 11) is 3.92. The van der Waals surface area contributed by atoms with Crippen LogP contribution in [0.15, 0.2) is 0 Å². The minimum atomic E-state index is 0.229. The highest BCUT2D eigenvalue weighted by Crippen LogP contribution is 2.49. The van der Waals surface area contributed by atoms with Gasteiger partial charge in [-0.2, -0.15) is 0 Å². The summed E-state index contributed by atoms with van der Waals surface area (Å²) in [6, 6.07) is 0. The summed E-state index contributed by atoms with van der Waals surface area (Å²) in [5, 5.41) is 0. The quantitative estimate of drug-likeness (QED) is 0.745. The van der Waals surface area contributed by atoms with Crippen molar-refractivity contribution in [3.8, 4) is 0 Å². The van der Waals surface area contributed by atoms with Crippen molar-refractivity contribution in [2.45, 2.75) is 32.1 Å². The SMILES string of the molecule is CN(C)CC(=O)N1C[C@H]2CCC[C@]2(COCC2CCOCC2)C1. The first-order chi connectivity index (χ1) is 11.1. The van der Waals surface area contributed by atoms with Crippen LogP contribution in [0.1, 0.15) is 32.1 Å². The normalized spacial score (nSPS) is 31.8. The highest BCUT2D eigenvalue weighted by Gasteiger charge is 2.50. The minimum Gasteiger partial charge on any atom is -0.381 e. The van der Waals surface area contributed by atoms with Gasteiger partial charge in [0.05, 0.1) is 13.2 Å². The molecule has 3 rings (SSSR count). The highest BCUT2D eigenvalue weighted by atomic mass is 16.5. The van der Waals surface area contributed by atoms with E-state index in [2.05, 4.69) is 4.90 Å². The van der Waals surface area contributed by atoms with E-state index in [4.69, 9.17) is 9.47 Å². The van der Waals surface area contributed by atoms with Crippen LogP contribution in [0.3, 0.4) is 0 Å². The van der Waals surface area contributed by atoms with Crippen LogP contribution in [-0.4, -0.2) is 75.9 Å². The highest BCUT2D eigenvalue weighted by molar-refractivity contribution is 5.78. The molecule has 0 bridgehead atoms. The zero-order valence-electron chi connectivity index (χ0n) is 14.8. The molecule has 3 aliphatic rings. The van der Waals surface area contributed by atoms with Crippen LogP contribution in [0.5, 0.6) is 0 Å². The third-order valence-electron chi connectivity index (χ3n) is 5.93. The Bertz CT molecular complexity index is 409. The topological polar surface area (TPSA) is 42.0 Å². The Morgan fingerprint density at radius 3 is 2.83 bits per heavy atom. The second kappa shape index (κ2) is 7.49. The van der Waals surface area contributed by atoms with Crippen molar-refractivity contribution >= 4 is 5.91 Å². The average molecular weight is 324 g/mol. The second-order valence-electron chi connectivity index (χ2n) is 8.03. The van der Waals surface area contributed by atoms with Gasteiger partial charge >= 0.3 is 0 Å². The molecule has 0 aromatic carbocycles. The first-order valence-corrected chi connectivity index (χ1v) is 9.17. The summed E-state index contributed by atoms with van der Waals surface area (Å²) in [5.41, 5.74) is 0.229. The van der Waals surface area contributed by atoms with E-state index in [0.717, 1.165) is 52.4 Å². The largest absolute Gasteiger partial charge is 0.381 e. The number of hydrogen-bond donors (Lipinski definition) is 0. The molecule has 0 unspecified atom stereocenters. The summed E-state index contributed by atoms with van der Waals surface area (Å²) in [6.07, 6.45) is 6.03. The lowest BCUT2D eigenvalue weighted by atomic mass is 9.81. The maximum absolute atomic E-state index is 12.4. The fraction of sp³-hybridized carbons (Fsp3) is 0.944. The fourth-order valence-corrected chi connectivity index (χ4v) is 4.55. The number of ether oxygens (including phenoxy) is 2. The van der Waals surface area contributed by atoms with E-state index in [1.165, 1.54) is 19.3 Å². The van der Waals surface area contributed by atoms with Gasteiger partial charge in [-0.3, -0.25) is 4.79 Å². The molecule has 5 nitrogen and oxygen atoms in total. The minimum absolute atomic E-state index is 0.229. The molecule has 1 saturated carbocycles. The number of carbonyl (C=O) groups excluding carboxylic acids is 1. The molecule has 2 atom stereocenters. The van der Waals surface area contributed by atoms with Crippen LogP contribution in [0.4, 0.5) is 0 Å². The van der Waals surface area contributed by atoms with E-state index >= 15 is 0 Å². The lowest BCUT2D eigenvalue weighted by molar-refractivity contribution is -0.131. The number of hydrogen-bond acceptors (Lipinski definition) is 4. The van der Waals surface area contributed by atoms with Gasteiger partial charge in [0.2, 0.25) is 5.91 Å². The standard InChI is InChI=1S/C18H32N2O3/c1-19(2)11-17(21)20-10-16-4-3-7-18(16,13-20)14-23-12-15-5-8-22-9-6-15/h15-16H,3-14H2,1-2H3/t16-,18-/m1/s1. The van der Waals surface area contributed by atoms with Gasteiger partial charge < -0.3 is 19.3 Å². The van der Waals surface area contributed by atoms with Gasteiger partial charge in [-0.25, -0.2) is 0 Å². The Hall–Kier alpha value is -0.650. The van der Waals surface area contributed by atoms with Crippen molar-refractivity contribution in [2.24, 2.45) is 17.3 Å². The fourth-order valence-electron chi connectivity index (χ4n) is 4.55.